The third-order valence-electron chi connectivity index (χ3n) is 6.17. The van der Waals surface area contributed by atoms with Crippen molar-refractivity contribution in [3.63, 3.8) is 0 Å². The average Bonchev–Trinajstić information content (AvgIpc) is 2.96. The Morgan fingerprint density at radius 1 is 1.02 bits per heavy atom. The number of ether oxygens (including phenoxy) is 1. The number of hydrogen-bond donors (Lipinski definition) is 0. The molecule has 1 aromatic carbocycles. The minimum Gasteiger partial charge on any atom is -0.444 e. The van der Waals surface area contributed by atoms with Crippen LogP contribution in [0.5, 0.6) is 0 Å². The lowest BCUT2D eigenvalue weighted by Crippen LogP contribution is -2.50. The van der Waals surface area contributed by atoms with Crippen LogP contribution in [0.2, 0.25) is 5.02 Å². The van der Waals surface area contributed by atoms with Gasteiger partial charge < -0.3 is 14.5 Å². The molecule has 222 valence electrons. The zero-order valence-corrected chi connectivity index (χ0v) is 26.7. The predicted molar refractivity (Wildman–Crippen MR) is 171 cm³/mol. The number of pyridine rings is 1. The van der Waals surface area contributed by atoms with Gasteiger partial charge in [0.1, 0.15) is 17.7 Å². The lowest BCUT2D eigenvalue weighted by atomic mass is 10.00. The van der Waals surface area contributed by atoms with Gasteiger partial charge in [-0.3, -0.25) is 4.98 Å². The summed E-state index contributed by atoms with van der Waals surface area (Å²) in [6.45, 7) is 18.3. The summed E-state index contributed by atoms with van der Waals surface area (Å²) >= 11 is 5.78. The van der Waals surface area contributed by atoms with Crippen molar-refractivity contribution in [2.45, 2.75) is 73.8 Å². The molecule has 1 aliphatic rings. The number of amides is 1. The largest absolute Gasteiger partial charge is 0.444 e. The maximum Gasteiger partial charge on any atom is 0.410 e. The fraction of sp³-hybridized carbons (Fsp3) is 0.455. The van der Waals surface area contributed by atoms with Crippen LogP contribution < -0.4 is 4.90 Å². The Morgan fingerprint density at radius 3 is 2.29 bits per heavy atom. The number of carbonyl (C=O) groups excluding carboxylic acids is 1. The Balaban J connectivity index is 0.000000410. The number of nitrogens with zero attached hydrogens (tertiary/aromatic N) is 5. The number of piperazine rings is 1. The summed E-state index contributed by atoms with van der Waals surface area (Å²) < 4.78 is 5.50. The second-order valence-electron chi connectivity index (χ2n) is 10.4. The molecule has 0 spiro atoms. The van der Waals surface area contributed by atoms with Crippen molar-refractivity contribution >= 4 is 29.1 Å². The number of aryl methyl sites for hydroxylation is 2. The zero-order chi connectivity index (χ0) is 30.4. The lowest BCUT2D eigenvalue weighted by molar-refractivity contribution is 0.0240. The molecule has 0 unspecified atom stereocenters. The first kappa shape index (κ1) is 33.8. The van der Waals surface area contributed by atoms with Crippen LogP contribution in [0, 0.1) is 6.92 Å². The molecule has 4 rings (SSSR count). The van der Waals surface area contributed by atoms with E-state index in [1.54, 1.807) is 17.4 Å². The molecule has 1 saturated heterocycles. The van der Waals surface area contributed by atoms with Gasteiger partial charge >= 0.3 is 6.09 Å². The van der Waals surface area contributed by atoms with Crippen LogP contribution in [-0.2, 0) is 11.2 Å². The zero-order valence-electron chi connectivity index (χ0n) is 25.9. The lowest BCUT2D eigenvalue weighted by Gasteiger charge is -2.37. The predicted octanol–water partition coefficient (Wildman–Crippen LogP) is 8.01. The summed E-state index contributed by atoms with van der Waals surface area (Å²) in [4.78, 5) is 29.9. The molecule has 0 bridgehead atoms. The Morgan fingerprint density at radius 2 is 1.73 bits per heavy atom. The van der Waals surface area contributed by atoms with Gasteiger partial charge in [-0.25, -0.2) is 14.8 Å². The Kier molecular flexibility index (Phi) is 13.8. The standard InChI is InChI=1S/C22H29N5O2.C9H11Cl.C2H6/c1-6-17(18-9-7-8-10-23-18)19-16(2)24-15-25-20(19)26-11-13-27(14-12-26)21(28)29-22(3,4)5;1-2-4-8-5-3-6-9(10)7-8;1-2/h6-10,15H,11-14H2,1-5H3;3,5-7H,2,4H2,1H3;1-2H3/b17-6-;;. The number of halogens is 1. The summed E-state index contributed by atoms with van der Waals surface area (Å²) in [5.41, 5.74) is 4.63. The van der Waals surface area contributed by atoms with Gasteiger partial charge in [0.05, 0.1) is 11.4 Å². The van der Waals surface area contributed by atoms with Gasteiger partial charge in [0.2, 0.25) is 0 Å². The Bertz CT molecular complexity index is 1250. The first-order valence-electron chi connectivity index (χ1n) is 14.5. The van der Waals surface area contributed by atoms with E-state index in [4.69, 9.17) is 16.3 Å². The molecule has 0 aliphatic carbocycles. The monoisotopic (exact) mass is 579 g/mol. The van der Waals surface area contributed by atoms with Crippen LogP contribution in [0.4, 0.5) is 10.6 Å². The van der Waals surface area contributed by atoms with Gasteiger partial charge in [-0.1, -0.05) is 63.1 Å². The summed E-state index contributed by atoms with van der Waals surface area (Å²) in [7, 11) is 0. The first-order valence-corrected chi connectivity index (χ1v) is 14.9. The van der Waals surface area contributed by atoms with E-state index in [0.29, 0.717) is 26.2 Å². The summed E-state index contributed by atoms with van der Waals surface area (Å²) in [5.74, 6) is 0.875. The third-order valence-corrected chi connectivity index (χ3v) is 6.41. The van der Waals surface area contributed by atoms with Crippen LogP contribution in [0.15, 0.2) is 61.1 Å². The molecular weight excluding hydrogens is 534 g/mol. The molecule has 0 saturated carbocycles. The first-order chi connectivity index (χ1) is 19.6. The molecule has 7 nitrogen and oxygen atoms in total. The molecule has 41 heavy (non-hydrogen) atoms. The maximum absolute atomic E-state index is 12.4. The van der Waals surface area contributed by atoms with Crippen molar-refractivity contribution in [1.82, 2.24) is 19.9 Å². The number of rotatable bonds is 5. The number of benzene rings is 1. The topological polar surface area (TPSA) is 71.5 Å². The second-order valence-corrected chi connectivity index (χ2v) is 10.8. The van der Waals surface area contributed by atoms with Gasteiger partial charge in [0.15, 0.2) is 0 Å². The van der Waals surface area contributed by atoms with Crippen molar-refractivity contribution in [3.8, 4) is 0 Å². The quantitative estimate of drug-likeness (QED) is 0.305. The second kappa shape index (κ2) is 16.7. The van der Waals surface area contributed by atoms with Crippen LogP contribution in [0.3, 0.4) is 0 Å². The van der Waals surface area contributed by atoms with E-state index in [1.807, 2.05) is 84.9 Å². The van der Waals surface area contributed by atoms with Crippen LogP contribution in [0.25, 0.3) is 5.57 Å². The minimum absolute atomic E-state index is 0.265. The molecule has 3 aromatic rings. The van der Waals surface area contributed by atoms with E-state index < -0.39 is 5.60 Å². The highest BCUT2D eigenvalue weighted by molar-refractivity contribution is 6.30. The number of anilines is 1. The number of allylic oxidation sites excluding steroid dienone is 1. The highest BCUT2D eigenvalue weighted by Gasteiger charge is 2.28. The van der Waals surface area contributed by atoms with E-state index in [1.165, 1.54) is 12.0 Å². The molecule has 1 aliphatic heterocycles. The molecule has 8 heteroatoms. The van der Waals surface area contributed by atoms with E-state index in [0.717, 1.165) is 39.8 Å². The molecule has 0 N–H and O–H groups in total. The van der Waals surface area contributed by atoms with Crippen molar-refractivity contribution in [2.24, 2.45) is 0 Å². The molecule has 2 aromatic heterocycles. The highest BCUT2D eigenvalue weighted by Crippen LogP contribution is 2.31. The minimum atomic E-state index is -0.491. The summed E-state index contributed by atoms with van der Waals surface area (Å²) in [6.07, 6.45) is 7.48. The summed E-state index contributed by atoms with van der Waals surface area (Å²) in [6, 6.07) is 13.9. The SMILES string of the molecule is C/C=C(/c1ccccn1)c1c(C)ncnc1N1CCN(C(=O)OC(C)(C)C)CC1.CC.CCCc1cccc(Cl)c1. The summed E-state index contributed by atoms with van der Waals surface area (Å²) in [5, 5.41) is 0.839. The number of aromatic nitrogens is 3. The highest BCUT2D eigenvalue weighted by atomic mass is 35.5. The van der Waals surface area contributed by atoms with Gasteiger partial charge in [-0.15, -0.1) is 0 Å². The van der Waals surface area contributed by atoms with Crippen molar-refractivity contribution in [1.29, 1.82) is 0 Å². The van der Waals surface area contributed by atoms with E-state index >= 15 is 0 Å². The van der Waals surface area contributed by atoms with Crippen molar-refractivity contribution < 1.29 is 9.53 Å². The molecule has 1 fully saturated rings. The van der Waals surface area contributed by atoms with Gasteiger partial charge in [-0.2, -0.15) is 0 Å². The molecule has 0 atom stereocenters. The molecule has 3 heterocycles. The Hall–Kier alpha value is -3.45. The molecular formula is C33H46ClN5O2. The average molecular weight is 580 g/mol. The van der Waals surface area contributed by atoms with E-state index in [9.17, 15) is 4.79 Å². The van der Waals surface area contributed by atoms with Gasteiger partial charge in [0.25, 0.3) is 0 Å². The van der Waals surface area contributed by atoms with Crippen LogP contribution in [-0.4, -0.2) is 57.7 Å². The number of carbonyl (C=O) groups is 1. The van der Waals surface area contributed by atoms with Crippen LogP contribution in [0.1, 0.15) is 77.4 Å². The number of hydrogen-bond acceptors (Lipinski definition) is 6. The van der Waals surface area contributed by atoms with E-state index in [-0.39, 0.29) is 6.09 Å². The van der Waals surface area contributed by atoms with Gasteiger partial charge in [0, 0.05) is 48.5 Å². The fourth-order valence-corrected chi connectivity index (χ4v) is 4.58. The molecule has 1 amide bonds. The fourth-order valence-electron chi connectivity index (χ4n) is 4.37. The van der Waals surface area contributed by atoms with Crippen LogP contribution >= 0.6 is 11.6 Å². The molecule has 0 radical (unpaired) electrons. The van der Waals surface area contributed by atoms with Gasteiger partial charge in [-0.05, 0) is 70.9 Å². The maximum atomic E-state index is 12.4. The van der Waals surface area contributed by atoms with Crippen molar-refractivity contribution in [2.75, 3.05) is 31.1 Å². The van der Waals surface area contributed by atoms with E-state index in [2.05, 4.69) is 38.9 Å². The third kappa shape index (κ3) is 10.5. The van der Waals surface area contributed by atoms with Crippen molar-refractivity contribution in [3.05, 3.63) is 88.6 Å². The Labute approximate surface area is 251 Å². The smallest absolute Gasteiger partial charge is 0.410 e. The normalized spacial score (nSPS) is 13.4.